The third kappa shape index (κ3) is 4.17. The fourth-order valence-corrected chi connectivity index (χ4v) is 3.56. The van der Waals surface area contributed by atoms with E-state index in [1.54, 1.807) is 0 Å². The van der Waals surface area contributed by atoms with Crippen LogP contribution in [0.15, 0.2) is 51.8 Å². The standard InChI is InChI=1S/C17H20BrNOS/c1-17(2,3)13-5-8-15(9-6-13)21(20)11-12-4-7-14(18)10-16(12)19/h4-10H,11,19H2,1-3H3. The molecule has 0 amide bonds. The zero-order valence-corrected chi connectivity index (χ0v) is 14.9. The van der Waals surface area contributed by atoms with E-state index < -0.39 is 10.8 Å². The molecule has 112 valence electrons. The van der Waals surface area contributed by atoms with Crippen molar-refractivity contribution < 1.29 is 4.21 Å². The Bertz CT molecular complexity index is 659. The van der Waals surface area contributed by atoms with E-state index in [4.69, 9.17) is 5.73 Å². The lowest BCUT2D eigenvalue weighted by Crippen LogP contribution is -2.11. The van der Waals surface area contributed by atoms with E-state index in [2.05, 4.69) is 48.8 Å². The largest absolute Gasteiger partial charge is 0.398 e. The summed E-state index contributed by atoms with van der Waals surface area (Å²) in [5.74, 6) is 0.438. The molecular formula is C17H20BrNOS. The van der Waals surface area contributed by atoms with Crippen molar-refractivity contribution in [3.8, 4) is 0 Å². The van der Waals surface area contributed by atoms with Gasteiger partial charge in [-0.2, -0.15) is 0 Å². The van der Waals surface area contributed by atoms with Crippen LogP contribution < -0.4 is 5.73 Å². The minimum absolute atomic E-state index is 0.107. The summed E-state index contributed by atoms with van der Waals surface area (Å²) in [5.41, 5.74) is 8.90. The van der Waals surface area contributed by atoms with E-state index in [1.807, 2.05) is 30.3 Å². The minimum Gasteiger partial charge on any atom is -0.398 e. The van der Waals surface area contributed by atoms with Crippen LogP contribution in [-0.2, 0) is 22.0 Å². The second-order valence-electron chi connectivity index (χ2n) is 6.11. The average molecular weight is 366 g/mol. The number of hydrogen-bond acceptors (Lipinski definition) is 2. The number of benzene rings is 2. The molecule has 0 spiro atoms. The first-order valence-corrected chi connectivity index (χ1v) is 8.91. The molecule has 2 rings (SSSR count). The molecule has 0 saturated heterocycles. The van der Waals surface area contributed by atoms with Gasteiger partial charge in [0.1, 0.15) is 0 Å². The van der Waals surface area contributed by atoms with Gasteiger partial charge in [0.25, 0.3) is 0 Å². The normalized spacial score (nSPS) is 13.1. The van der Waals surface area contributed by atoms with Gasteiger partial charge < -0.3 is 5.73 Å². The molecule has 21 heavy (non-hydrogen) atoms. The highest BCUT2D eigenvalue weighted by Crippen LogP contribution is 2.25. The van der Waals surface area contributed by atoms with Gasteiger partial charge in [0.2, 0.25) is 0 Å². The molecule has 0 bridgehead atoms. The predicted octanol–water partition coefficient (Wildman–Crippen LogP) is 4.64. The van der Waals surface area contributed by atoms with Crippen LogP contribution in [0, 0.1) is 0 Å². The monoisotopic (exact) mass is 365 g/mol. The maximum Gasteiger partial charge on any atom is 0.0574 e. The number of halogens is 1. The molecule has 2 N–H and O–H groups in total. The Hall–Kier alpha value is -1.13. The summed E-state index contributed by atoms with van der Waals surface area (Å²) in [6, 6.07) is 13.7. The summed E-state index contributed by atoms with van der Waals surface area (Å²) in [6.45, 7) is 6.50. The van der Waals surface area contributed by atoms with Crippen molar-refractivity contribution >= 4 is 32.4 Å². The zero-order chi connectivity index (χ0) is 15.6. The maximum absolute atomic E-state index is 12.5. The van der Waals surface area contributed by atoms with Crippen LogP contribution in [0.5, 0.6) is 0 Å². The maximum atomic E-state index is 12.5. The van der Waals surface area contributed by atoms with Crippen LogP contribution in [0.3, 0.4) is 0 Å². The molecule has 0 aliphatic rings. The third-order valence-corrected chi connectivity index (χ3v) is 5.24. The molecule has 0 heterocycles. The van der Waals surface area contributed by atoms with Gasteiger partial charge >= 0.3 is 0 Å². The zero-order valence-electron chi connectivity index (χ0n) is 12.5. The summed E-state index contributed by atoms with van der Waals surface area (Å²) < 4.78 is 13.4. The van der Waals surface area contributed by atoms with Gasteiger partial charge in [-0.3, -0.25) is 4.21 Å². The summed E-state index contributed by atoms with van der Waals surface area (Å²) in [7, 11) is -1.08. The Labute approximate surface area is 137 Å². The molecule has 0 aromatic heterocycles. The molecule has 2 nitrogen and oxygen atoms in total. The summed E-state index contributed by atoms with van der Waals surface area (Å²) in [5, 5.41) is 0. The molecule has 0 radical (unpaired) electrons. The molecule has 0 aliphatic heterocycles. The number of rotatable bonds is 3. The molecule has 1 unspecified atom stereocenters. The quantitative estimate of drug-likeness (QED) is 0.805. The average Bonchev–Trinajstić information content (AvgIpc) is 2.41. The molecule has 1 atom stereocenters. The van der Waals surface area contributed by atoms with Gasteiger partial charge in [0.15, 0.2) is 0 Å². The van der Waals surface area contributed by atoms with E-state index in [0.29, 0.717) is 11.4 Å². The van der Waals surface area contributed by atoms with Gasteiger partial charge in [-0.25, -0.2) is 0 Å². The first-order valence-electron chi connectivity index (χ1n) is 6.80. The van der Waals surface area contributed by atoms with Crippen molar-refractivity contribution in [2.45, 2.75) is 36.8 Å². The number of nitrogen functional groups attached to an aromatic ring is 1. The number of nitrogens with two attached hydrogens (primary N) is 1. The van der Waals surface area contributed by atoms with Gasteiger partial charge in [-0.15, -0.1) is 0 Å². The Morgan fingerprint density at radius 2 is 1.71 bits per heavy atom. The molecule has 2 aromatic rings. The lowest BCUT2D eigenvalue weighted by molar-refractivity contribution is 0.589. The molecule has 0 fully saturated rings. The summed E-state index contributed by atoms with van der Waals surface area (Å²) in [6.07, 6.45) is 0. The van der Waals surface area contributed by atoms with E-state index >= 15 is 0 Å². The van der Waals surface area contributed by atoms with E-state index in [9.17, 15) is 4.21 Å². The SMILES string of the molecule is CC(C)(C)c1ccc(S(=O)Cc2ccc(Br)cc2N)cc1. The van der Waals surface area contributed by atoms with Crippen molar-refractivity contribution in [2.24, 2.45) is 0 Å². The topological polar surface area (TPSA) is 43.1 Å². The van der Waals surface area contributed by atoms with Crippen LogP contribution >= 0.6 is 15.9 Å². The smallest absolute Gasteiger partial charge is 0.0574 e. The van der Waals surface area contributed by atoms with Crippen molar-refractivity contribution in [3.63, 3.8) is 0 Å². The van der Waals surface area contributed by atoms with Gasteiger partial charge in [0.05, 0.1) is 16.6 Å². The number of hydrogen-bond donors (Lipinski definition) is 1. The highest BCUT2D eigenvalue weighted by atomic mass is 79.9. The van der Waals surface area contributed by atoms with Crippen molar-refractivity contribution in [3.05, 3.63) is 58.1 Å². The highest BCUT2D eigenvalue weighted by Gasteiger charge is 2.14. The first-order chi connectivity index (χ1) is 9.77. The Morgan fingerprint density at radius 3 is 2.24 bits per heavy atom. The van der Waals surface area contributed by atoms with Crippen LogP contribution in [0.1, 0.15) is 31.9 Å². The second-order valence-corrected chi connectivity index (χ2v) is 8.47. The summed E-state index contributed by atoms with van der Waals surface area (Å²) in [4.78, 5) is 0.838. The van der Waals surface area contributed by atoms with E-state index in [0.717, 1.165) is 14.9 Å². The highest BCUT2D eigenvalue weighted by molar-refractivity contribution is 9.10. The van der Waals surface area contributed by atoms with Crippen molar-refractivity contribution in [1.82, 2.24) is 0 Å². The first kappa shape index (κ1) is 16.2. The van der Waals surface area contributed by atoms with Crippen molar-refractivity contribution in [2.75, 3.05) is 5.73 Å². The van der Waals surface area contributed by atoms with E-state index in [-0.39, 0.29) is 5.41 Å². The Kier molecular flexibility index (Phi) is 4.89. The number of anilines is 1. The van der Waals surface area contributed by atoms with Crippen LogP contribution in [-0.4, -0.2) is 4.21 Å². The van der Waals surface area contributed by atoms with Crippen LogP contribution in [0.2, 0.25) is 0 Å². The molecular weight excluding hydrogens is 346 g/mol. The lowest BCUT2D eigenvalue weighted by atomic mass is 9.87. The minimum atomic E-state index is -1.08. The fourth-order valence-electron chi connectivity index (χ4n) is 2.03. The second kappa shape index (κ2) is 6.32. The van der Waals surface area contributed by atoms with Crippen LogP contribution in [0.4, 0.5) is 5.69 Å². The third-order valence-electron chi connectivity index (χ3n) is 3.38. The molecule has 4 heteroatoms. The predicted molar refractivity (Wildman–Crippen MR) is 93.8 cm³/mol. The van der Waals surface area contributed by atoms with Crippen LogP contribution in [0.25, 0.3) is 0 Å². The molecule has 0 aliphatic carbocycles. The van der Waals surface area contributed by atoms with Crippen molar-refractivity contribution in [1.29, 1.82) is 0 Å². The van der Waals surface area contributed by atoms with Gasteiger partial charge in [0, 0.05) is 15.1 Å². The molecule has 2 aromatic carbocycles. The van der Waals surface area contributed by atoms with Gasteiger partial charge in [-0.1, -0.05) is 54.9 Å². The van der Waals surface area contributed by atoms with Gasteiger partial charge in [-0.05, 0) is 40.8 Å². The lowest BCUT2D eigenvalue weighted by Gasteiger charge is -2.19. The Balaban J connectivity index is 2.17. The Morgan fingerprint density at radius 1 is 1.10 bits per heavy atom. The fraction of sp³-hybridized carbons (Fsp3) is 0.294. The van der Waals surface area contributed by atoms with E-state index in [1.165, 1.54) is 5.56 Å². The molecule has 0 saturated carbocycles. The summed E-state index contributed by atoms with van der Waals surface area (Å²) >= 11 is 3.38.